The van der Waals surface area contributed by atoms with Crippen molar-refractivity contribution in [2.24, 2.45) is 5.92 Å². The van der Waals surface area contributed by atoms with Crippen LogP contribution in [0.2, 0.25) is 0 Å². The predicted octanol–water partition coefficient (Wildman–Crippen LogP) is 0.746. The lowest BCUT2D eigenvalue weighted by atomic mass is 10.2. The first-order valence-electron chi connectivity index (χ1n) is 3.38. The average Bonchev–Trinajstić information content (AvgIpc) is 2.66. The molecule has 0 aliphatic heterocycles. The Labute approximate surface area is 69.7 Å². The first-order valence-corrected chi connectivity index (χ1v) is 3.82. The summed E-state index contributed by atoms with van der Waals surface area (Å²) in [6.45, 7) is 0. The molecular formula is C7H9ClO3. The molecule has 1 aliphatic rings. The zero-order valence-corrected chi connectivity index (χ0v) is 6.93. The van der Waals surface area contributed by atoms with Crippen molar-refractivity contribution in [2.75, 3.05) is 7.11 Å². The second kappa shape index (κ2) is 3.22. The van der Waals surface area contributed by atoms with E-state index in [4.69, 9.17) is 11.6 Å². The molecule has 2 unspecified atom stereocenters. The van der Waals surface area contributed by atoms with Gasteiger partial charge in [-0.3, -0.25) is 9.59 Å². The maximum Gasteiger partial charge on any atom is 0.313 e. The van der Waals surface area contributed by atoms with Crippen molar-refractivity contribution in [1.82, 2.24) is 0 Å². The molecular weight excluding hydrogens is 168 g/mol. The first-order chi connectivity index (χ1) is 5.15. The second-order valence-electron chi connectivity index (χ2n) is 2.58. The van der Waals surface area contributed by atoms with E-state index in [0.717, 1.165) is 0 Å². The molecule has 0 aromatic carbocycles. The molecule has 2 atom stereocenters. The second-order valence-corrected chi connectivity index (χ2v) is 3.14. The minimum absolute atomic E-state index is 0.0489. The van der Waals surface area contributed by atoms with Gasteiger partial charge in [0.2, 0.25) is 0 Å². The molecule has 4 heteroatoms. The van der Waals surface area contributed by atoms with Gasteiger partial charge in [-0.05, 0) is 6.42 Å². The molecule has 1 fully saturated rings. The molecule has 0 radical (unpaired) electrons. The van der Waals surface area contributed by atoms with Crippen LogP contribution in [0.25, 0.3) is 0 Å². The summed E-state index contributed by atoms with van der Waals surface area (Å²) in [5.41, 5.74) is 0. The zero-order valence-electron chi connectivity index (χ0n) is 6.17. The molecule has 11 heavy (non-hydrogen) atoms. The SMILES string of the molecule is COC(=O)CC(=O)C1CC1Cl. The monoisotopic (exact) mass is 176 g/mol. The zero-order chi connectivity index (χ0) is 8.43. The largest absolute Gasteiger partial charge is 0.469 e. The number of ether oxygens (including phenoxy) is 1. The van der Waals surface area contributed by atoms with Gasteiger partial charge in [-0.2, -0.15) is 0 Å². The van der Waals surface area contributed by atoms with Gasteiger partial charge in [0, 0.05) is 11.3 Å². The van der Waals surface area contributed by atoms with Gasteiger partial charge in [-0.25, -0.2) is 0 Å². The lowest BCUT2D eigenvalue weighted by Crippen LogP contribution is -2.11. The maximum atomic E-state index is 11.0. The van der Waals surface area contributed by atoms with Gasteiger partial charge in [0.25, 0.3) is 0 Å². The van der Waals surface area contributed by atoms with E-state index in [0.29, 0.717) is 6.42 Å². The summed E-state index contributed by atoms with van der Waals surface area (Å²) < 4.78 is 4.33. The van der Waals surface area contributed by atoms with Gasteiger partial charge >= 0.3 is 5.97 Å². The Kier molecular flexibility index (Phi) is 2.49. The summed E-state index contributed by atoms with van der Waals surface area (Å²) >= 11 is 5.60. The minimum Gasteiger partial charge on any atom is -0.469 e. The number of carbonyl (C=O) groups excluding carboxylic acids is 2. The van der Waals surface area contributed by atoms with E-state index in [2.05, 4.69) is 4.74 Å². The van der Waals surface area contributed by atoms with Gasteiger partial charge < -0.3 is 4.74 Å². The molecule has 62 valence electrons. The van der Waals surface area contributed by atoms with E-state index in [1.165, 1.54) is 7.11 Å². The number of hydrogen-bond acceptors (Lipinski definition) is 3. The van der Waals surface area contributed by atoms with Crippen LogP contribution in [0.4, 0.5) is 0 Å². The molecule has 0 saturated heterocycles. The smallest absolute Gasteiger partial charge is 0.313 e. The van der Waals surface area contributed by atoms with Crippen LogP contribution in [0.3, 0.4) is 0 Å². The van der Waals surface area contributed by atoms with Crippen molar-refractivity contribution < 1.29 is 14.3 Å². The number of rotatable bonds is 3. The van der Waals surface area contributed by atoms with E-state index in [-0.39, 0.29) is 23.5 Å². The van der Waals surface area contributed by atoms with Crippen molar-refractivity contribution in [3.63, 3.8) is 0 Å². The third-order valence-electron chi connectivity index (χ3n) is 1.67. The number of halogens is 1. The fourth-order valence-corrected chi connectivity index (χ4v) is 1.18. The molecule has 1 aliphatic carbocycles. The highest BCUT2D eigenvalue weighted by atomic mass is 35.5. The predicted molar refractivity (Wildman–Crippen MR) is 39.4 cm³/mol. The van der Waals surface area contributed by atoms with Crippen LogP contribution in [0.1, 0.15) is 12.8 Å². The summed E-state index contributed by atoms with van der Waals surface area (Å²) in [7, 11) is 1.26. The number of alkyl halides is 1. The molecule has 0 bridgehead atoms. The Bertz CT molecular complexity index is 190. The maximum absolute atomic E-state index is 11.0. The lowest BCUT2D eigenvalue weighted by Gasteiger charge is -1.95. The van der Waals surface area contributed by atoms with Gasteiger partial charge in [0.15, 0.2) is 0 Å². The Morgan fingerprint density at radius 2 is 2.18 bits per heavy atom. The first kappa shape index (κ1) is 8.53. The molecule has 1 saturated carbocycles. The summed E-state index contributed by atoms with van der Waals surface area (Å²) in [4.78, 5) is 21.6. The van der Waals surface area contributed by atoms with Gasteiger partial charge in [-0.15, -0.1) is 11.6 Å². The van der Waals surface area contributed by atoms with Gasteiger partial charge in [-0.1, -0.05) is 0 Å². The lowest BCUT2D eigenvalue weighted by molar-refractivity contribution is -0.143. The molecule has 0 spiro atoms. The minimum atomic E-state index is -0.481. The van der Waals surface area contributed by atoms with Crippen LogP contribution in [-0.4, -0.2) is 24.2 Å². The standard InChI is InChI=1S/C7H9ClO3/c1-11-7(10)3-6(9)4-2-5(4)8/h4-5H,2-3H2,1H3. The van der Waals surface area contributed by atoms with Gasteiger partial charge in [0.05, 0.1) is 7.11 Å². The van der Waals surface area contributed by atoms with Crippen LogP contribution >= 0.6 is 11.6 Å². The number of esters is 1. The summed E-state index contributed by atoms with van der Waals surface area (Å²) in [6.07, 6.45) is 0.571. The summed E-state index contributed by atoms with van der Waals surface area (Å²) in [5.74, 6) is -0.682. The molecule has 0 aromatic heterocycles. The summed E-state index contributed by atoms with van der Waals surface area (Å²) in [5, 5.41) is -0.0489. The topological polar surface area (TPSA) is 43.4 Å². The number of ketones is 1. The number of carbonyl (C=O) groups is 2. The van der Waals surface area contributed by atoms with E-state index >= 15 is 0 Å². The van der Waals surface area contributed by atoms with Crippen molar-refractivity contribution in [1.29, 1.82) is 0 Å². The van der Waals surface area contributed by atoms with Crippen molar-refractivity contribution in [2.45, 2.75) is 18.2 Å². The van der Waals surface area contributed by atoms with Crippen LogP contribution in [-0.2, 0) is 14.3 Å². The Morgan fingerprint density at radius 3 is 2.55 bits per heavy atom. The molecule has 3 nitrogen and oxygen atoms in total. The van der Waals surface area contributed by atoms with Crippen LogP contribution < -0.4 is 0 Å². The Hall–Kier alpha value is -0.570. The van der Waals surface area contributed by atoms with Crippen molar-refractivity contribution in [3.05, 3.63) is 0 Å². The molecule has 0 heterocycles. The number of hydrogen-bond donors (Lipinski definition) is 0. The van der Waals surface area contributed by atoms with Crippen LogP contribution in [0.15, 0.2) is 0 Å². The highest BCUT2D eigenvalue weighted by molar-refractivity contribution is 6.25. The number of Topliss-reactive ketones (excluding diaryl/α,β-unsaturated/α-hetero) is 1. The highest BCUT2D eigenvalue weighted by Gasteiger charge is 2.41. The van der Waals surface area contributed by atoms with Crippen LogP contribution in [0, 0.1) is 5.92 Å². The van der Waals surface area contributed by atoms with Crippen LogP contribution in [0.5, 0.6) is 0 Å². The molecule has 0 N–H and O–H groups in total. The molecule has 1 rings (SSSR count). The van der Waals surface area contributed by atoms with E-state index in [9.17, 15) is 9.59 Å². The normalized spacial score (nSPS) is 27.8. The van der Waals surface area contributed by atoms with E-state index < -0.39 is 5.97 Å². The quantitative estimate of drug-likeness (QED) is 0.362. The Balaban J connectivity index is 2.27. The van der Waals surface area contributed by atoms with Crippen molar-refractivity contribution in [3.8, 4) is 0 Å². The average molecular weight is 177 g/mol. The number of methoxy groups -OCH3 is 1. The van der Waals surface area contributed by atoms with E-state index in [1.807, 2.05) is 0 Å². The molecule has 0 aromatic rings. The third kappa shape index (κ3) is 2.19. The van der Waals surface area contributed by atoms with Gasteiger partial charge in [0.1, 0.15) is 12.2 Å². The summed E-state index contributed by atoms with van der Waals surface area (Å²) in [6, 6.07) is 0. The molecule has 0 amide bonds. The highest BCUT2D eigenvalue weighted by Crippen LogP contribution is 2.37. The third-order valence-corrected chi connectivity index (χ3v) is 2.15. The van der Waals surface area contributed by atoms with Crippen molar-refractivity contribution >= 4 is 23.4 Å². The fourth-order valence-electron chi connectivity index (χ4n) is 0.843. The fraction of sp³-hybridized carbons (Fsp3) is 0.714. The van der Waals surface area contributed by atoms with E-state index in [1.54, 1.807) is 0 Å². The Morgan fingerprint density at radius 1 is 1.64 bits per heavy atom.